The Balaban J connectivity index is 2.06. The SMILES string of the molecule is CN(CC1CCCN1C)c1ccc(C=O)c(Cl)c1. The Bertz CT molecular complexity index is 436. The summed E-state index contributed by atoms with van der Waals surface area (Å²) in [5.74, 6) is 0. The summed E-state index contributed by atoms with van der Waals surface area (Å²) >= 11 is 6.05. The lowest BCUT2D eigenvalue weighted by atomic mass is 10.1. The summed E-state index contributed by atoms with van der Waals surface area (Å²) in [6.07, 6.45) is 3.32. The molecule has 0 radical (unpaired) electrons. The number of likely N-dealkylation sites (tertiary alicyclic amines) is 1. The van der Waals surface area contributed by atoms with Gasteiger partial charge in [0.05, 0.1) is 5.02 Å². The number of halogens is 1. The molecule has 0 spiro atoms. The standard InChI is InChI=1S/C14H19ClN2O/c1-16-7-3-4-13(16)9-17(2)12-6-5-11(10-18)14(15)8-12/h5-6,8,10,13H,3-4,7,9H2,1-2H3. The first-order valence-corrected chi connectivity index (χ1v) is 6.65. The number of likely N-dealkylation sites (N-methyl/N-ethyl adjacent to an activating group) is 2. The van der Waals surface area contributed by atoms with E-state index < -0.39 is 0 Å². The third kappa shape index (κ3) is 2.85. The van der Waals surface area contributed by atoms with Crippen LogP contribution in [0.2, 0.25) is 5.02 Å². The molecule has 1 aliphatic rings. The van der Waals surface area contributed by atoms with Crippen molar-refractivity contribution in [2.75, 3.05) is 32.1 Å². The fourth-order valence-electron chi connectivity index (χ4n) is 2.48. The first kappa shape index (κ1) is 13.4. The topological polar surface area (TPSA) is 23.6 Å². The first-order chi connectivity index (χ1) is 8.61. The van der Waals surface area contributed by atoms with E-state index in [2.05, 4.69) is 23.9 Å². The van der Waals surface area contributed by atoms with Crippen LogP contribution in [0, 0.1) is 0 Å². The molecule has 1 unspecified atom stereocenters. The van der Waals surface area contributed by atoms with Crippen LogP contribution in [0.3, 0.4) is 0 Å². The van der Waals surface area contributed by atoms with Gasteiger partial charge in [0.1, 0.15) is 0 Å². The molecule has 0 aliphatic carbocycles. The van der Waals surface area contributed by atoms with Crippen molar-refractivity contribution in [3.63, 3.8) is 0 Å². The number of anilines is 1. The van der Waals surface area contributed by atoms with Crippen LogP contribution in [0.15, 0.2) is 18.2 Å². The number of carbonyl (C=O) groups excluding carboxylic acids is 1. The van der Waals surface area contributed by atoms with E-state index in [1.165, 1.54) is 19.4 Å². The summed E-state index contributed by atoms with van der Waals surface area (Å²) in [6.45, 7) is 2.18. The second kappa shape index (κ2) is 5.72. The third-order valence-corrected chi connectivity index (χ3v) is 4.04. The highest BCUT2D eigenvalue weighted by molar-refractivity contribution is 6.33. The number of benzene rings is 1. The maximum absolute atomic E-state index is 10.7. The van der Waals surface area contributed by atoms with Gasteiger partial charge in [0.2, 0.25) is 0 Å². The van der Waals surface area contributed by atoms with Crippen molar-refractivity contribution in [3.8, 4) is 0 Å². The van der Waals surface area contributed by atoms with Crippen molar-refractivity contribution in [3.05, 3.63) is 28.8 Å². The van der Waals surface area contributed by atoms with E-state index in [9.17, 15) is 4.79 Å². The highest BCUT2D eigenvalue weighted by Crippen LogP contribution is 2.24. The zero-order chi connectivity index (χ0) is 13.1. The van der Waals surface area contributed by atoms with Gasteiger partial charge in [-0.05, 0) is 44.6 Å². The molecule has 18 heavy (non-hydrogen) atoms. The summed E-state index contributed by atoms with van der Waals surface area (Å²) in [5.41, 5.74) is 1.61. The molecule has 1 aromatic carbocycles. The molecule has 1 aromatic rings. The van der Waals surface area contributed by atoms with Gasteiger partial charge < -0.3 is 9.80 Å². The monoisotopic (exact) mass is 266 g/mol. The number of rotatable bonds is 4. The van der Waals surface area contributed by atoms with Crippen molar-refractivity contribution in [2.24, 2.45) is 0 Å². The van der Waals surface area contributed by atoms with Gasteiger partial charge in [0, 0.05) is 30.9 Å². The summed E-state index contributed by atoms with van der Waals surface area (Å²) < 4.78 is 0. The summed E-state index contributed by atoms with van der Waals surface area (Å²) in [6, 6.07) is 6.20. The molecule has 0 saturated carbocycles. The summed E-state index contributed by atoms with van der Waals surface area (Å²) in [7, 11) is 4.24. The molecule has 0 aromatic heterocycles. The van der Waals surface area contributed by atoms with Crippen molar-refractivity contribution < 1.29 is 4.79 Å². The van der Waals surface area contributed by atoms with Gasteiger partial charge in [-0.1, -0.05) is 11.6 Å². The Hall–Kier alpha value is -1.06. The molecule has 1 fully saturated rings. The molecule has 2 rings (SSSR count). The minimum atomic E-state index is 0.522. The molecule has 1 saturated heterocycles. The fraction of sp³-hybridized carbons (Fsp3) is 0.500. The molecule has 3 nitrogen and oxygen atoms in total. The molecule has 1 heterocycles. The Kier molecular flexibility index (Phi) is 4.25. The van der Waals surface area contributed by atoms with E-state index in [0.717, 1.165) is 18.5 Å². The molecule has 1 atom stereocenters. The quantitative estimate of drug-likeness (QED) is 0.783. The van der Waals surface area contributed by atoms with Gasteiger partial charge in [-0.15, -0.1) is 0 Å². The number of hydrogen-bond acceptors (Lipinski definition) is 3. The molecular formula is C14H19ClN2O. The molecule has 98 valence electrons. The van der Waals surface area contributed by atoms with Crippen molar-refractivity contribution >= 4 is 23.6 Å². The number of nitrogens with zero attached hydrogens (tertiary/aromatic N) is 2. The van der Waals surface area contributed by atoms with Crippen molar-refractivity contribution in [1.82, 2.24) is 4.90 Å². The Morgan fingerprint density at radius 1 is 1.56 bits per heavy atom. The lowest BCUT2D eigenvalue weighted by Gasteiger charge is -2.27. The van der Waals surface area contributed by atoms with E-state index in [-0.39, 0.29) is 0 Å². The van der Waals surface area contributed by atoms with E-state index >= 15 is 0 Å². The molecule has 0 amide bonds. The van der Waals surface area contributed by atoms with Crippen LogP contribution < -0.4 is 4.90 Å². The van der Waals surface area contributed by atoms with Gasteiger partial charge in [0.15, 0.2) is 6.29 Å². The van der Waals surface area contributed by atoms with Crippen molar-refractivity contribution in [1.29, 1.82) is 0 Å². The van der Waals surface area contributed by atoms with Crippen LogP contribution in [0.25, 0.3) is 0 Å². The fourth-order valence-corrected chi connectivity index (χ4v) is 2.70. The molecule has 1 aliphatic heterocycles. The summed E-state index contributed by atoms with van der Waals surface area (Å²) in [4.78, 5) is 15.3. The maximum atomic E-state index is 10.7. The Labute approximate surface area is 113 Å². The van der Waals surface area contributed by atoms with Gasteiger partial charge in [-0.25, -0.2) is 0 Å². The molecule has 0 N–H and O–H groups in total. The smallest absolute Gasteiger partial charge is 0.151 e. The lowest BCUT2D eigenvalue weighted by Crippen LogP contribution is -2.36. The number of carbonyl (C=O) groups is 1. The number of hydrogen-bond donors (Lipinski definition) is 0. The van der Waals surface area contributed by atoms with Crippen molar-refractivity contribution in [2.45, 2.75) is 18.9 Å². The predicted molar refractivity (Wildman–Crippen MR) is 75.8 cm³/mol. The lowest BCUT2D eigenvalue weighted by molar-refractivity contribution is 0.112. The van der Waals surface area contributed by atoms with Gasteiger partial charge in [-0.3, -0.25) is 4.79 Å². The average Bonchev–Trinajstić information content (AvgIpc) is 2.75. The summed E-state index contributed by atoms with van der Waals surface area (Å²) in [5, 5.41) is 0.522. The van der Waals surface area contributed by atoms with Gasteiger partial charge >= 0.3 is 0 Å². The molecule has 0 bridgehead atoms. The third-order valence-electron chi connectivity index (χ3n) is 3.71. The highest BCUT2D eigenvalue weighted by atomic mass is 35.5. The van der Waals surface area contributed by atoms with E-state index in [1.807, 2.05) is 12.1 Å². The first-order valence-electron chi connectivity index (χ1n) is 6.28. The second-order valence-electron chi connectivity index (χ2n) is 4.98. The van der Waals surface area contributed by atoms with Crippen LogP contribution in [0.1, 0.15) is 23.2 Å². The molecular weight excluding hydrogens is 248 g/mol. The minimum absolute atomic E-state index is 0.522. The largest absolute Gasteiger partial charge is 0.373 e. The second-order valence-corrected chi connectivity index (χ2v) is 5.39. The molecule has 4 heteroatoms. The van der Waals surface area contributed by atoms with Gasteiger partial charge in [-0.2, -0.15) is 0 Å². The van der Waals surface area contributed by atoms with Crippen LogP contribution in [0.5, 0.6) is 0 Å². The maximum Gasteiger partial charge on any atom is 0.151 e. The minimum Gasteiger partial charge on any atom is -0.373 e. The van der Waals surface area contributed by atoms with Crippen LogP contribution in [0.4, 0.5) is 5.69 Å². The average molecular weight is 267 g/mol. The normalized spacial score (nSPS) is 20.1. The predicted octanol–water partition coefficient (Wildman–Crippen LogP) is 2.68. The van der Waals surface area contributed by atoms with Gasteiger partial charge in [0.25, 0.3) is 0 Å². The highest BCUT2D eigenvalue weighted by Gasteiger charge is 2.22. The van der Waals surface area contributed by atoms with E-state index in [0.29, 0.717) is 16.6 Å². The Morgan fingerprint density at radius 2 is 2.33 bits per heavy atom. The van der Waals surface area contributed by atoms with E-state index in [1.54, 1.807) is 6.07 Å². The van der Waals surface area contributed by atoms with Crippen LogP contribution in [-0.2, 0) is 0 Å². The zero-order valence-electron chi connectivity index (χ0n) is 10.9. The van der Waals surface area contributed by atoms with Crippen LogP contribution >= 0.6 is 11.6 Å². The zero-order valence-corrected chi connectivity index (χ0v) is 11.7. The number of aldehydes is 1. The van der Waals surface area contributed by atoms with Crippen LogP contribution in [-0.4, -0.2) is 44.4 Å². The Morgan fingerprint density at radius 3 is 2.89 bits per heavy atom. The van der Waals surface area contributed by atoms with E-state index in [4.69, 9.17) is 11.6 Å².